The first-order valence-corrected chi connectivity index (χ1v) is 8.10. The summed E-state index contributed by atoms with van der Waals surface area (Å²) in [6.45, 7) is 0. The van der Waals surface area contributed by atoms with Crippen LogP contribution in [0.2, 0.25) is 0 Å². The summed E-state index contributed by atoms with van der Waals surface area (Å²) in [5.74, 6) is -5.33. The zero-order valence-corrected chi connectivity index (χ0v) is 13.9. The van der Waals surface area contributed by atoms with Gasteiger partial charge in [-0.25, -0.2) is 0 Å². The van der Waals surface area contributed by atoms with E-state index in [0.29, 0.717) is 30.4 Å². The summed E-state index contributed by atoms with van der Waals surface area (Å²) in [5, 5.41) is 22.9. The van der Waals surface area contributed by atoms with Gasteiger partial charge in [-0.15, -0.1) is 0 Å². The van der Waals surface area contributed by atoms with E-state index in [2.05, 4.69) is 0 Å². The van der Waals surface area contributed by atoms with Crippen molar-refractivity contribution in [3.63, 3.8) is 0 Å². The minimum atomic E-state index is -4.45. The van der Waals surface area contributed by atoms with Crippen molar-refractivity contribution in [1.29, 1.82) is 0 Å². The number of alkyl halides is 3. The van der Waals surface area contributed by atoms with Crippen LogP contribution in [-0.2, 0) is 15.8 Å². The van der Waals surface area contributed by atoms with Gasteiger partial charge in [0.05, 0.1) is 29.0 Å². The van der Waals surface area contributed by atoms with Crippen LogP contribution in [0.15, 0.2) is 30.3 Å². The number of carboxylic acids is 2. The molecule has 5 nitrogen and oxygen atoms in total. The maximum absolute atomic E-state index is 12.7. The third-order valence-electron chi connectivity index (χ3n) is 5.52. The smallest absolute Gasteiger partial charge is 0.416 e. The Labute approximate surface area is 147 Å². The van der Waals surface area contributed by atoms with Crippen LogP contribution < -0.4 is 10.2 Å². The lowest BCUT2D eigenvalue weighted by molar-refractivity contribution is -0.336. The molecule has 2 atom stereocenters. The molecule has 1 aromatic rings. The van der Waals surface area contributed by atoms with Gasteiger partial charge in [0.25, 0.3) is 0 Å². The monoisotopic (exact) mass is 367 g/mol. The van der Waals surface area contributed by atoms with Crippen molar-refractivity contribution in [2.45, 2.75) is 37.0 Å². The molecule has 2 bridgehead atoms. The van der Waals surface area contributed by atoms with Crippen molar-refractivity contribution in [1.82, 2.24) is 4.90 Å². The topological polar surface area (TPSA) is 83.5 Å². The van der Waals surface area contributed by atoms with Crippen molar-refractivity contribution < 1.29 is 33.0 Å². The van der Waals surface area contributed by atoms with Crippen molar-refractivity contribution in [2.24, 2.45) is 5.92 Å². The molecule has 3 rings (SSSR count). The predicted octanol–water partition coefficient (Wildman–Crippen LogP) is 0.442. The first-order valence-electron chi connectivity index (χ1n) is 8.10. The van der Waals surface area contributed by atoms with Gasteiger partial charge in [0.2, 0.25) is 0 Å². The van der Waals surface area contributed by atoms with Gasteiger partial charge in [-0.3, -0.25) is 4.90 Å². The molecule has 0 N–H and O–H groups in total. The summed E-state index contributed by atoms with van der Waals surface area (Å²) in [5.41, 5.74) is -0.946. The van der Waals surface area contributed by atoms with Crippen LogP contribution in [0.25, 0.3) is 5.57 Å². The van der Waals surface area contributed by atoms with Crippen molar-refractivity contribution in [3.8, 4) is 0 Å². The molecule has 0 saturated carbocycles. The number of benzene rings is 1. The second kappa shape index (κ2) is 6.12. The number of halogens is 3. The number of aliphatic carboxylic acids is 2. The minimum absolute atomic E-state index is 0.0986. The summed E-state index contributed by atoms with van der Waals surface area (Å²) in [7, 11) is 1.65. The highest BCUT2D eigenvalue weighted by Crippen LogP contribution is 2.48. The number of rotatable bonds is 4. The van der Waals surface area contributed by atoms with Gasteiger partial charge in [-0.1, -0.05) is 18.2 Å². The average molecular weight is 367 g/mol. The molecule has 26 heavy (non-hydrogen) atoms. The van der Waals surface area contributed by atoms with Crippen molar-refractivity contribution in [2.75, 3.05) is 7.05 Å². The molecule has 0 aliphatic carbocycles. The Morgan fingerprint density at radius 2 is 1.77 bits per heavy atom. The summed E-state index contributed by atoms with van der Waals surface area (Å²) >= 11 is 0. The molecule has 1 fully saturated rings. The molecule has 2 aliphatic heterocycles. The number of nitrogens with zero attached hydrogens (tertiary/aromatic N) is 1. The lowest BCUT2D eigenvalue weighted by Crippen LogP contribution is -2.61. The minimum Gasteiger partial charge on any atom is -0.549 e. The molecular formula is C18H16F3NO4-2. The first kappa shape index (κ1) is 18.4. The highest BCUT2D eigenvalue weighted by atomic mass is 19.4. The zero-order valence-electron chi connectivity index (χ0n) is 13.9. The Morgan fingerprint density at radius 3 is 2.27 bits per heavy atom. The molecule has 0 aromatic heterocycles. The Kier molecular flexibility index (Phi) is 4.34. The normalized spacial score (nSPS) is 26.0. The quantitative estimate of drug-likeness (QED) is 0.722. The van der Waals surface area contributed by atoms with Crippen LogP contribution in [0.4, 0.5) is 13.2 Å². The zero-order chi connectivity index (χ0) is 19.3. The molecule has 0 radical (unpaired) electrons. The molecule has 8 heteroatoms. The number of fused-ring (bicyclic) bond motifs is 2. The fourth-order valence-corrected chi connectivity index (χ4v) is 4.15. The Morgan fingerprint density at radius 1 is 1.19 bits per heavy atom. The summed E-state index contributed by atoms with van der Waals surface area (Å²) in [6, 6.07) is 4.45. The Hall–Kier alpha value is -2.35. The molecule has 2 unspecified atom stereocenters. The van der Waals surface area contributed by atoms with E-state index in [9.17, 15) is 33.0 Å². The van der Waals surface area contributed by atoms with E-state index < -0.39 is 35.1 Å². The number of hydrogen-bond acceptors (Lipinski definition) is 5. The summed E-state index contributed by atoms with van der Waals surface area (Å²) in [4.78, 5) is 24.6. The standard InChI is InChI=1S/C18H18F3NO4/c1-22-13-6-7-17(22,14(15(23)24)16(25)26)9-11(8-13)10-2-4-12(5-3-10)18(19,20)21/h2-5,9,13-14H,6-8H2,1H3,(H,23,24)(H,25,26)/p-2. The van der Waals surface area contributed by atoms with Crippen LogP contribution in [0, 0.1) is 5.92 Å². The third-order valence-corrected chi connectivity index (χ3v) is 5.52. The highest BCUT2D eigenvalue weighted by molar-refractivity contribution is 5.94. The second-order valence-corrected chi connectivity index (χ2v) is 6.81. The van der Waals surface area contributed by atoms with E-state index in [4.69, 9.17) is 0 Å². The van der Waals surface area contributed by atoms with Crippen molar-refractivity contribution >= 4 is 17.5 Å². The van der Waals surface area contributed by atoms with Gasteiger partial charge in [0.1, 0.15) is 0 Å². The van der Waals surface area contributed by atoms with Gasteiger partial charge in [0.15, 0.2) is 0 Å². The van der Waals surface area contributed by atoms with Gasteiger partial charge >= 0.3 is 6.18 Å². The van der Waals surface area contributed by atoms with Crippen LogP contribution in [0.3, 0.4) is 0 Å². The lowest BCUT2D eigenvalue weighted by atomic mass is 9.78. The average Bonchev–Trinajstić information content (AvgIpc) is 2.72. The number of carbonyl (C=O) groups excluding carboxylic acids is 2. The summed E-state index contributed by atoms with van der Waals surface area (Å²) in [6.07, 6.45) is -1.53. The van der Waals surface area contributed by atoms with E-state index in [0.717, 1.165) is 12.1 Å². The SMILES string of the molecule is CN1C2CCC1(C(C(=O)[O-])C(=O)[O-])C=C(c1ccc(C(F)(F)F)cc1)C2. The number of hydrogen-bond donors (Lipinski definition) is 0. The maximum atomic E-state index is 12.7. The maximum Gasteiger partial charge on any atom is 0.416 e. The number of likely N-dealkylation sites (N-methyl/N-ethyl adjacent to an activating group) is 1. The van der Waals surface area contributed by atoms with E-state index in [1.165, 1.54) is 12.1 Å². The molecule has 0 amide bonds. The second-order valence-electron chi connectivity index (χ2n) is 6.81. The molecular weight excluding hydrogens is 351 g/mol. The largest absolute Gasteiger partial charge is 0.549 e. The molecule has 2 aliphatic rings. The molecule has 1 aromatic carbocycles. The summed E-state index contributed by atoms with van der Waals surface area (Å²) < 4.78 is 38.2. The van der Waals surface area contributed by atoms with E-state index in [-0.39, 0.29) is 6.04 Å². The fraction of sp³-hybridized carbons (Fsp3) is 0.444. The van der Waals surface area contributed by atoms with E-state index >= 15 is 0 Å². The van der Waals surface area contributed by atoms with Crippen LogP contribution in [0.5, 0.6) is 0 Å². The predicted molar refractivity (Wildman–Crippen MR) is 81.1 cm³/mol. The van der Waals surface area contributed by atoms with E-state index in [1.807, 2.05) is 0 Å². The van der Waals surface area contributed by atoms with Crippen LogP contribution >= 0.6 is 0 Å². The van der Waals surface area contributed by atoms with Crippen LogP contribution in [0.1, 0.15) is 30.4 Å². The van der Waals surface area contributed by atoms with Crippen molar-refractivity contribution in [3.05, 3.63) is 41.5 Å². The molecule has 140 valence electrons. The van der Waals surface area contributed by atoms with Crippen LogP contribution in [-0.4, -0.2) is 35.5 Å². The van der Waals surface area contributed by atoms with Gasteiger partial charge in [-0.05, 0) is 49.6 Å². The molecule has 1 saturated heterocycles. The highest BCUT2D eigenvalue weighted by Gasteiger charge is 2.51. The lowest BCUT2D eigenvalue weighted by Gasteiger charge is -2.46. The Bertz CT molecular complexity index is 758. The molecule has 0 spiro atoms. The number of carboxylic acid groups (broad SMARTS) is 2. The fourth-order valence-electron chi connectivity index (χ4n) is 4.15. The van der Waals surface area contributed by atoms with Gasteiger partial charge < -0.3 is 19.8 Å². The number of carbonyl (C=O) groups is 2. The van der Waals surface area contributed by atoms with Gasteiger partial charge in [0, 0.05) is 6.04 Å². The first-order chi connectivity index (χ1) is 12.1. The Balaban J connectivity index is 2.04. The third kappa shape index (κ3) is 2.88. The molecule has 2 heterocycles. The van der Waals surface area contributed by atoms with Gasteiger partial charge in [-0.2, -0.15) is 13.2 Å². The van der Waals surface area contributed by atoms with E-state index in [1.54, 1.807) is 18.0 Å².